The van der Waals surface area contributed by atoms with Crippen LogP contribution in [0.15, 0.2) is 12.4 Å². The Hall–Kier alpha value is -0.780. The van der Waals surface area contributed by atoms with Crippen molar-refractivity contribution in [2.75, 3.05) is 19.6 Å². The quantitative estimate of drug-likeness (QED) is 0.785. The monoisotopic (exact) mass is 308 g/mol. The zero-order valence-electron chi connectivity index (χ0n) is 11.1. The van der Waals surface area contributed by atoms with Crippen LogP contribution in [0.25, 0.3) is 0 Å². The van der Waals surface area contributed by atoms with Gasteiger partial charge in [-0.25, -0.2) is 4.98 Å². The second-order valence-corrected chi connectivity index (χ2v) is 4.88. The number of halogens is 2. The first-order chi connectivity index (χ1) is 8.21. The summed E-state index contributed by atoms with van der Waals surface area (Å²) in [6.07, 6.45) is 6.31. The zero-order valence-corrected chi connectivity index (χ0v) is 12.7. The number of aromatic nitrogens is 2. The number of nitrogens with zero attached hydrogens (tertiary/aromatic N) is 1. The minimum Gasteiger partial charge on any atom is -0.355 e. The lowest BCUT2D eigenvalue weighted by Gasteiger charge is -2.32. The highest BCUT2D eigenvalue weighted by molar-refractivity contribution is 5.85. The van der Waals surface area contributed by atoms with Crippen LogP contribution in [-0.2, 0) is 11.2 Å². The van der Waals surface area contributed by atoms with Gasteiger partial charge in [-0.2, -0.15) is 0 Å². The number of hydrogen-bond donors (Lipinski definition) is 3. The van der Waals surface area contributed by atoms with Crippen LogP contribution in [-0.4, -0.2) is 35.5 Å². The molecular weight excluding hydrogens is 287 g/mol. The van der Waals surface area contributed by atoms with Gasteiger partial charge in [0.15, 0.2) is 0 Å². The number of aromatic amines is 1. The van der Waals surface area contributed by atoms with Crippen molar-refractivity contribution in [1.82, 2.24) is 20.6 Å². The Morgan fingerprint density at radius 2 is 2.32 bits per heavy atom. The van der Waals surface area contributed by atoms with Crippen LogP contribution in [0.5, 0.6) is 0 Å². The predicted molar refractivity (Wildman–Crippen MR) is 80.0 cm³/mol. The first kappa shape index (κ1) is 18.2. The summed E-state index contributed by atoms with van der Waals surface area (Å²) in [4.78, 5) is 19.2. The molecule has 0 aromatic carbocycles. The molecule has 19 heavy (non-hydrogen) atoms. The number of nitrogens with one attached hydrogen (secondary N) is 3. The van der Waals surface area contributed by atoms with Crippen LogP contribution in [0.1, 0.15) is 25.6 Å². The highest BCUT2D eigenvalue weighted by atomic mass is 35.5. The van der Waals surface area contributed by atoms with Gasteiger partial charge in [0.2, 0.25) is 5.91 Å². The van der Waals surface area contributed by atoms with Gasteiger partial charge in [-0.3, -0.25) is 4.79 Å². The fourth-order valence-electron chi connectivity index (χ4n) is 2.19. The lowest BCUT2D eigenvalue weighted by Crippen LogP contribution is -2.49. The predicted octanol–water partition coefficient (Wildman–Crippen LogP) is 1.30. The van der Waals surface area contributed by atoms with E-state index in [1.54, 1.807) is 12.4 Å². The highest BCUT2D eigenvalue weighted by Crippen LogP contribution is 2.25. The van der Waals surface area contributed by atoms with Gasteiger partial charge >= 0.3 is 0 Å². The lowest BCUT2D eigenvalue weighted by atomic mass is 9.82. The highest BCUT2D eigenvalue weighted by Gasteiger charge is 2.34. The molecule has 5 nitrogen and oxygen atoms in total. The molecule has 1 atom stereocenters. The van der Waals surface area contributed by atoms with E-state index in [9.17, 15) is 4.79 Å². The molecule has 0 aliphatic carbocycles. The summed E-state index contributed by atoms with van der Waals surface area (Å²) in [5.74, 6) is 1.06. The smallest absolute Gasteiger partial charge is 0.227 e. The van der Waals surface area contributed by atoms with Gasteiger partial charge in [-0.15, -0.1) is 24.8 Å². The fraction of sp³-hybridized carbons (Fsp3) is 0.667. The van der Waals surface area contributed by atoms with Gasteiger partial charge in [-0.1, -0.05) is 0 Å². The van der Waals surface area contributed by atoms with Gasteiger partial charge in [0.25, 0.3) is 0 Å². The molecule has 1 amide bonds. The molecule has 1 aliphatic heterocycles. The third-order valence-electron chi connectivity index (χ3n) is 3.35. The SMILES string of the molecule is CC1(C(=O)NCCc2ncc[nH]2)CCCNC1.Cl.Cl. The molecule has 110 valence electrons. The number of imidazole rings is 1. The first-order valence-corrected chi connectivity index (χ1v) is 6.18. The van der Waals surface area contributed by atoms with Crippen LogP contribution in [0, 0.1) is 5.41 Å². The molecule has 0 radical (unpaired) electrons. The molecule has 3 N–H and O–H groups in total. The maximum atomic E-state index is 12.1. The maximum absolute atomic E-state index is 12.1. The summed E-state index contributed by atoms with van der Waals surface area (Å²) in [5, 5.41) is 6.27. The van der Waals surface area contributed by atoms with Crippen LogP contribution in [0.4, 0.5) is 0 Å². The van der Waals surface area contributed by atoms with E-state index in [4.69, 9.17) is 0 Å². The average molecular weight is 309 g/mol. The average Bonchev–Trinajstić information content (AvgIpc) is 2.83. The Kier molecular flexibility index (Phi) is 8.06. The number of hydrogen-bond acceptors (Lipinski definition) is 3. The van der Waals surface area contributed by atoms with Crippen molar-refractivity contribution < 1.29 is 4.79 Å². The second kappa shape index (κ2) is 8.40. The van der Waals surface area contributed by atoms with Crippen LogP contribution in [0.2, 0.25) is 0 Å². The van der Waals surface area contributed by atoms with Crippen molar-refractivity contribution in [2.24, 2.45) is 5.41 Å². The second-order valence-electron chi connectivity index (χ2n) is 4.88. The Labute approximate surface area is 126 Å². The molecule has 1 unspecified atom stereocenters. The summed E-state index contributed by atoms with van der Waals surface area (Å²) in [5.41, 5.74) is -0.249. The van der Waals surface area contributed by atoms with Gasteiger partial charge in [0.1, 0.15) is 5.82 Å². The van der Waals surface area contributed by atoms with Crippen molar-refractivity contribution >= 4 is 30.7 Å². The fourth-order valence-corrected chi connectivity index (χ4v) is 2.19. The molecule has 1 aliphatic rings. The van der Waals surface area contributed by atoms with Crippen molar-refractivity contribution in [3.63, 3.8) is 0 Å². The third-order valence-corrected chi connectivity index (χ3v) is 3.35. The van der Waals surface area contributed by atoms with E-state index in [0.717, 1.165) is 38.2 Å². The molecule has 2 heterocycles. The standard InChI is InChI=1S/C12H20N4O.2ClH/c1-12(4-2-5-13-9-12)11(17)16-6-3-10-14-7-8-15-10;;/h7-8,13H,2-6,9H2,1H3,(H,14,15)(H,16,17);2*1H. The Morgan fingerprint density at radius 3 is 2.89 bits per heavy atom. The number of piperidine rings is 1. The lowest BCUT2D eigenvalue weighted by molar-refractivity contribution is -0.131. The minimum atomic E-state index is -0.249. The van der Waals surface area contributed by atoms with E-state index in [1.165, 1.54) is 0 Å². The van der Waals surface area contributed by atoms with E-state index in [0.29, 0.717) is 6.54 Å². The molecule has 1 aromatic rings. The normalized spacial score (nSPS) is 21.9. The Bertz CT molecular complexity index is 364. The van der Waals surface area contributed by atoms with Crippen LogP contribution < -0.4 is 10.6 Å². The van der Waals surface area contributed by atoms with E-state index in [-0.39, 0.29) is 36.1 Å². The van der Waals surface area contributed by atoms with Gasteiger partial charge in [-0.05, 0) is 26.3 Å². The van der Waals surface area contributed by atoms with Crippen molar-refractivity contribution in [3.05, 3.63) is 18.2 Å². The summed E-state index contributed by atoms with van der Waals surface area (Å²) >= 11 is 0. The van der Waals surface area contributed by atoms with Crippen molar-refractivity contribution in [2.45, 2.75) is 26.2 Å². The molecule has 1 saturated heterocycles. The number of rotatable bonds is 4. The largest absolute Gasteiger partial charge is 0.355 e. The maximum Gasteiger partial charge on any atom is 0.227 e. The molecule has 2 rings (SSSR count). The van der Waals surface area contributed by atoms with Gasteiger partial charge < -0.3 is 15.6 Å². The van der Waals surface area contributed by atoms with Crippen molar-refractivity contribution in [1.29, 1.82) is 0 Å². The topological polar surface area (TPSA) is 69.8 Å². The number of H-pyrrole nitrogens is 1. The molecule has 0 bridgehead atoms. The molecule has 1 aromatic heterocycles. The molecular formula is C12H22Cl2N4O. The Morgan fingerprint density at radius 1 is 1.53 bits per heavy atom. The van der Waals surface area contributed by atoms with Crippen molar-refractivity contribution in [3.8, 4) is 0 Å². The summed E-state index contributed by atoms with van der Waals surface area (Å²) < 4.78 is 0. The first-order valence-electron chi connectivity index (χ1n) is 6.18. The molecule has 1 fully saturated rings. The Balaban J connectivity index is 0.00000162. The summed E-state index contributed by atoms with van der Waals surface area (Å²) in [7, 11) is 0. The van der Waals surface area contributed by atoms with E-state index < -0.39 is 0 Å². The molecule has 0 saturated carbocycles. The zero-order chi connectivity index (χ0) is 12.1. The minimum absolute atomic E-state index is 0. The van der Waals surface area contributed by atoms with E-state index in [2.05, 4.69) is 20.6 Å². The van der Waals surface area contributed by atoms with Gasteiger partial charge in [0, 0.05) is 31.9 Å². The number of carbonyl (C=O) groups is 1. The van der Waals surface area contributed by atoms with E-state index >= 15 is 0 Å². The van der Waals surface area contributed by atoms with Crippen LogP contribution >= 0.6 is 24.8 Å². The summed E-state index contributed by atoms with van der Waals surface area (Å²) in [6.45, 7) is 4.47. The molecule has 7 heteroatoms. The molecule has 0 spiro atoms. The van der Waals surface area contributed by atoms with Gasteiger partial charge in [0.05, 0.1) is 5.41 Å². The third kappa shape index (κ3) is 5.01. The number of carbonyl (C=O) groups excluding carboxylic acids is 1. The van der Waals surface area contributed by atoms with E-state index in [1.807, 2.05) is 6.92 Å². The summed E-state index contributed by atoms with van der Waals surface area (Å²) in [6, 6.07) is 0. The number of amides is 1. The van der Waals surface area contributed by atoms with Crippen LogP contribution in [0.3, 0.4) is 0 Å².